The standard InChI is InChI=1S/C12H19NO3S/c1-3-12(13,11(14)15)6-4-8-17-10-5-7-16-9(10)2/h5,7H,3-4,6,8,13H2,1-2H3,(H,14,15). The first-order valence-corrected chi connectivity index (χ1v) is 6.67. The summed E-state index contributed by atoms with van der Waals surface area (Å²) in [6.45, 7) is 3.72. The first kappa shape index (κ1) is 14.1. The van der Waals surface area contributed by atoms with Crippen LogP contribution < -0.4 is 5.73 Å². The molecule has 1 rings (SSSR count). The number of aryl methyl sites for hydroxylation is 1. The highest BCUT2D eigenvalue weighted by molar-refractivity contribution is 7.99. The smallest absolute Gasteiger partial charge is 0.323 e. The molecule has 0 aliphatic rings. The molecule has 0 bridgehead atoms. The number of aliphatic carboxylic acids is 1. The zero-order chi connectivity index (χ0) is 12.9. The zero-order valence-corrected chi connectivity index (χ0v) is 11.0. The van der Waals surface area contributed by atoms with E-state index in [4.69, 9.17) is 15.3 Å². The van der Waals surface area contributed by atoms with Crippen molar-refractivity contribution in [3.05, 3.63) is 18.1 Å². The molecule has 0 saturated carbocycles. The van der Waals surface area contributed by atoms with E-state index < -0.39 is 11.5 Å². The van der Waals surface area contributed by atoms with E-state index in [0.29, 0.717) is 12.8 Å². The maximum atomic E-state index is 11.0. The molecule has 0 saturated heterocycles. The fourth-order valence-corrected chi connectivity index (χ4v) is 2.44. The minimum absolute atomic E-state index is 0.456. The predicted octanol–water partition coefficient (Wildman–Crippen LogP) is 2.65. The van der Waals surface area contributed by atoms with E-state index >= 15 is 0 Å². The second-order valence-corrected chi connectivity index (χ2v) is 5.24. The quantitative estimate of drug-likeness (QED) is 0.580. The summed E-state index contributed by atoms with van der Waals surface area (Å²) in [6.07, 6.45) is 3.40. The van der Waals surface area contributed by atoms with Crippen molar-refractivity contribution >= 4 is 17.7 Å². The van der Waals surface area contributed by atoms with Gasteiger partial charge in [0.15, 0.2) is 0 Å². The number of hydrogen-bond acceptors (Lipinski definition) is 4. The molecule has 0 spiro atoms. The Bertz CT molecular complexity index is 378. The first-order chi connectivity index (χ1) is 7.99. The summed E-state index contributed by atoms with van der Waals surface area (Å²) in [7, 11) is 0. The van der Waals surface area contributed by atoms with Gasteiger partial charge in [-0.2, -0.15) is 0 Å². The molecular weight excluding hydrogens is 238 g/mol. The normalized spacial score (nSPS) is 14.5. The third kappa shape index (κ3) is 3.78. The maximum absolute atomic E-state index is 11.0. The van der Waals surface area contributed by atoms with Gasteiger partial charge in [-0.3, -0.25) is 4.79 Å². The number of furan rings is 1. The molecule has 1 atom stereocenters. The van der Waals surface area contributed by atoms with Crippen molar-refractivity contribution in [2.24, 2.45) is 5.73 Å². The number of rotatable bonds is 7. The van der Waals surface area contributed by atoms with Gasteiger partial charge in [0.05, 0.1) is 6.26 Å². The highest BCUT2D eigenvalue weighted by Crippen LogP contribution is 2.25. The molecule has 0 aromatic carbocycles. The van der Waals surface area contributed by atoms with Gasteiger partial charge in [-0.05, 0) is 38.0 Å². The van der Waals surface area contributed by atoms with Gasteiger partial charge in [0.25, 0.3) is 0 Å². The molecule has 4 nitrogen and oxygen atoms in total. The van der Waals surface area contributed by atoms with Crippen molar-refractivity contribution in [3.8, 4) is 0 Å². The number of carboxylic acid groups (broad SMARTS) is 1. The average Bonchev–Trinajstić information content (AvgIpc) is 2.70. The number of hydrogen-bond donors (Lipinski definition) is 2. The minimum Gasteiger partial charge on any atom is -0.480 e. The van der Waals surface area contributed by atoms with E-state index in [2.05, 4.69) is 0 Å². The van der Waals surface area contributed by atoms with E-state index in [1.807, 2.05) is 19.9 Å². The Morgan fingerprint density at radius 1 is 1.65 bits per heavy atom. The monoisotopic (exact) mass is 257 g/mol. The van der Waals surface area contributed by atoms with E-state index in [0.717, 1.165) is 22.8 Å². The van der Waals surface area contributed by atoms with Gasteiger partial charge in [0.1, 0.15) is 11.3 Å². The van der Waals surface area contributed by atoms with E-state index in [1.165, 1.54) is 0 Å². The predicted molar refractivity (Wildman–Crippen MR) is 68.2 cm³/mol. The number of nitrogens with two attached hydrogens (primary N) is 1. The molecule has 1 unspecified atom stereocenters. The van der Waals surface area contributed by atoms with Gasteiger partial charge in [-0.25, -0.2) is 0 Å². The van der Waals surface area contributed by atoms with Crippen molar-refractivity contribution in [1.82, 2.24) is 0 Å². The van der Waals surface area contributed by atoms with Crippen molar-refractivity contribution < 1.29 is 14.3 Å². The molecule has 96 valence electrons. The highest BCUT2D eigenvalue weighted by Gasteiger charge is 2.30. The van der Waals surface area contributed by atoms with Crippen LogP contribution in [0.1, 0.15) is 31.9 Å². The summed E-state index contributed by atoms with van der Waals surface area (Å²) >= 11 is 1.67. The van der Waals surface area contributed by atoms with Crippen LogP contribution in [0.15, 0.2) is 21.6 Å². The third-order valence-corrected chi connectivity index (χ3v) is 4.12. The molecule has 0 aliphatic heterocycles. The van der Waals surface area contributed by atoms with E-state index in [-0.39, 0.29) is 0 Å². The average molecular weight is 257 g/mol. The second-order valence-electron chi connectivity index (χ2n) is 4.11. The molecule has 1 heterocycles. The summed E-state index contributed by atoms with van der Waals surface area (Å²) in [4.78, 5) is 12.1. The first-order valence-electron chi connectivity index (χ1n) is 5.69. The third-order valence-electron chi connectivity index (χ3n) is 2.89. The van der Waals surface area contributed by atoms with Gasteiger partial charge in [0.2, 0.25) is 0 Å². The van der Waals surface area contributed by atoms with Crippen LogP contribution in [-0.4, -0.2) is 22.4 Å². The lowest BCUT2D eigenvalue weighted by molar-refractivity contribution is -0.143. The van der Waals surface area contributed by atoms with Crippen LogP contribution in [0.25, 0.3) is 0 Å². The van der Waals surface area contributed by atoms with Gasteiger partial charge >= 0.3 is 5.97 Å². The summed E-state index contributed by atoms with van der Waals surface area (Å²) in [5.74, 6) is 0.847. The summed E-state index contributed by atoms with van der Waals surface area (Å²) in [5.41, 5.74) is 4.72. The Morgan fingerprint density at radius 3 is 2.82 bits per heavy atom. The lowest BCUT2D eigenvalue weighted by Crippen LogP contribution is -2.47. The number of thioether (sulfide) groups is 1. The Balaban J connectivity index is 2.33. The van der Waals surface area contributed by atoms with Crippen molar-refractivity contribution in [2.75, 3.05) is 5.75 Å². The van der Waals surface area contributed by atoms with Gasteiger partial charge in [-0.1, -0.05) is 6.92 Å². The maximum Gasteiger partial charge on any atom is 0.323 e. The molecule has 5 heteroatoms. The van der Waals surface area contributed by atoms with Gasteiger partial charge < -0.3 is 15.3 Å². The molecule has 1 aromatic rings. The lowest BCUT2D eigenvalue weighted by Gasteiger charge is -2.22. The molecular formula is C12H19NO3S. The fourth-order valence-electron chi connectivity index (χ4n) is 1.53. The minimum atomic E-state index is -1.08. The van der Waals surface area contributed by atoms with Crippen LogP contribution in [0.3, 0.4) is 0 Å². The molecule has 3 N–H and O–H groups in total. The molecule has 1 aromatic heterocycles. The van der Waals surface area contributed by atoms with Crippen molar-refractivity contribution in [3.63, 3.8) is 0 Å². The topological polar surface area (TPSA) is 76.5 Å². The summed E-state index contributed by atoms with van der Waals surface area (Å²) in [5, 5.41) is 9.01. The fraction of sp³-hybridized carbons (Fsp3) is 0.583. The number of carboxylic acids is 1. The largest absolute Gasteiger partial charge is 0.480 e. The summed E-state index contributed by atoms with van der Waals surface area (Å²) in [6, 6.07) is 1.92. The van der Waals surface area contributed by atoms with E-state index in [9.17, 15) is 4.79 Å². The SMILES string of the molecule is CCC(N)(CCCSc1ccoc1C)C(=O)O. The van der Waals surface area contributed by atoms with Crippen LogP contribution in [0.5, 0.6) is 0 Å². The molecule has 0 aliphatic carbocycles. The van der Waals surface area contributed by atoms with Gasteiger partial charge in [0, 0.05) is 4.90 Å². The highest BCUT2D eigenvalue weighted by atomic mass is 32.2. The van der Waals surface area contributed by atoms with Crippen LogP contribution in [0, 0.1) is 6.92 Å². The molecule has 0 radical (unpaired) electrons. The van der Waals surface area contributed by atoms with Crippen molar-refractivity contribution in [2.45, 2.75) is 43.5 Å². The molecule has 0 fully saturated rings. The van der Waals surface area contributed by atoms with Crippen LogP contribution in [-0.2, 0) is 4.79 Å². The lowest BCUT2D eigenvalue weighted by atomic mass is 9.92. The zero-order valence-electron chi connectivity index (χ0n) is 10.2. The van der Waals surface area contributed by atoms with Gasteiger partial charge in [-0.15, -0.1) is 11.8 Å². The second kappa shape index (κ2) is 6.12. The Labute approximate surface area is 106 Å². The Hall–Kier alpha value is -0.940. The van der Waals surface area contributed by atoms with E-state index in [1.54, 1.807) is 18.0 Å². The Morgan fingerprint density at radius 2 is 2.35 bits per heavy atom. The Kier molecular flexibility index (Phi) is 5.08. The van der Waals surface area contributed by atoms with Crippen LogP contribution >= 0.6 is 11.8 Å². The number of carbonyl (C=O) groups is 1. The summed E-state index contributed by atoms with van der Waals surface area (Å²) < 4.78 is 5.18. The molecule has 0 amide bonds. The van der Waals surface area contributed by atoms with Crippen LogP contribution in [0.2, 0.25) is 0 Å². The van der Waals surface area contributed by atoms with Crippen LogP contribution in [0.4, 0.5) is 0 Å². The van der Waals surface area contributed by atoms with Crippen molar-refractivity contribution in [1.29, 1.82) is 0 Å². The molecule has 17 heavy (non-hydrogen) atoms.